The normalized spacial score (nSPS) is 11.1. The SMILES string of the molecule is CCCCCC/C=C/CCCCCCCC(=O)OCI. The van der Waals surface area contributed by atoms with Gasteiger partial charge in [-0.2, -0.15) is 0 Å². The number of esters is 1. The maximum absolute atomic E-state index is 11.1. The van der Waals surface area contributed by atoms with Gasteiger partial charge in [0.05, 0.1) is 0 Å². The summed E-state index contributed by atoms with van der Waals surface area (Å²) in [7, 11) is 0. The zero-order valence-electron chi connectivity index (χ0n) is 13.0. The third-order valence-corrected chi connectivity index (χ3v) is 3.67. The molecule has 0 rings (SSSR count). The van der Waals surface area contributed by atoms with Crippen LogP contribution in [0.5, 0.6) is 0 Å². The van der Waals surface area contributed by atoms with Gasteiger partial charge in [0.1, 0.15) is 4.61 Å². The first-order valence-corrected chi connectivity index (χ1v) is 9.70. The number of carbonyl (C=O) groups excluding carboxylic acids is 1. The van der Waals surface area contributed by atoms with Gasteiger partial charge in [-0.25, -0.2) is 0 Å². The Morgan fingerprint density at radius 2 is 1.45 bits per heavy atom. The average molecular weight is 394 g/mol. The molecule has 0 atom stereocenters. The Hall–Kier alpha value is -0.0600. The van der Waals surface area contributed by atoms with Crippen molar-refractivity contribution in [2.45, 2.75) is 84.0 Å². The highest BCUT2D eigenvalue weighted by Gasteiger charge is 2.00. The molecule has 0 spiro atoms. The second-order valence-electron chi connectivity index (χ2n) is 5.25. The van der Waals surface area contributed by atoms with Gasteiger partial charge in [-0.3, -0.25) is 4.79 Å². The molecule has 0 fully saturated rings. The van der Waals surface area contributed by atoms with Crippen LogP contribution >= 0.6 is 22.6 Å². The number of hydrogen-bond acceptors (Lipinski definition) is 2. The van der Waals surface area contributed by atoms with E-state index in [1.807, 2.05) is 0 Å². The minimum absolute atomic E-state index is 0.0505. The summed E-state index contributed by atoms with van der Waals surface area (Å²) in [5, 5.41) is 0. The Morgan fingerprint density at radius 1 is 0.900 bits per heavy atom. The molecule has 0 radical (unpaired) electrons. The molecule has 0 aromatic rings. The van der Waals surface area contributed by atoms with Crippen LogP contribution in [0.15, 0.2) is 12.2 Å². The third-order valence-electron chi connectivity index (χ3n) is 3.36. The van der Waals surface area contributed by atoms with Crippen LogP contribution in [0.25, 0.3) is 0 Å². The summed E-state index contributed by atoms with van der Waals surface area (Å²) in [5.74, 6) is -0.0505. The fraction of sp³-hybridized carbons (Fsp3) is 0.824. The van der Waals surface area contributed by atoms with Crippen molar-refractivity contribution in [1.29, 1.82) is 0 Å². The van der Waals surface area contributed by atoms with Crippen molar-refractivity contribution in [3.63, 3.8) is 0 Å². The van der Waals surface area contributed by atoms with E-state index in [2.05, 4.69) is 41.7 Å². The minimum atomic E-state index is -0.0505. The van der Waals surface area contributed by atoms with Crippen LogP contribution < -0.4 is 0 Å². The maximum atomic E-state index is 11.1. The summed E-state index contributed by atoms with van der Waals surface area (Å²) in [5.41, 5.74) is 0. The van der Waals surface area contributed by atoms with Gasteiger partial charge in [0, 0.05) is 6.42 Å². The molecule has 2 nitrogen and oxygen atoms in total. The molecule has 0 unspecified atom stereocenters. The van der Waals surface area contributed by atoms with Gasteiger partial charge in [0.15, 0.2) is 0 Å². The number of halogens is 1. The predicted octanol–water partition coefficient (Wildman–Crippen LogP) is 6.18. The molecule has 0 aliphatic rings. The summed E-state index contributed by atoms with van der Waals surface area (Å²) < 4.78 is 5.36. The van der Waals surface area contributed by atoms with E-state index in [9.17, 15) is 4.79 Å². The molecule has 0 saturated carbocycles. The molecule has 20 heavy (non-hydrogen) atoms. The summed E-state index contributed by atoms with van der Waals surface area (Å²) in [6.45, 7) is 2.25. The minimum Gasteiger partial charge on any atom is -0.455 e. The van der Waals surface area contributed by atoms with E-state index >= 15 is 0 Å². The van der Waals surface area contributed by atoms with Crippen LogP contribution in [-0.4, -0.2) is 10.6 Å². The van der Waals surface area contributed by atoms with Gasteiger partial charge in [-0.05, 0) is 54.7 Å². The molecule has 0 heterocycles. The fourth-order valence-electron chi connectivity index (χ4n) is 2.12. The monoisotopic (exact) mass is 394 g/mol. The highest BCUT2D eigenvalue weighted by molar-refractivity contribution is 14.1. The van der Waals surface area contributed by atoms with Crippen LogP contribution in [0, 0.1) is 0 Å². The summed E-state index contributed by atoms with van der Waals surface area (Å²) in [6, 6.07) is 0. The summed E-state index contributed by atoms with van der Waals surface area (Å²) in [4.78, 5) is 11.1. The largest absolute Gasteiger partial charge is 0.455 e. The molecule has 3 heteroatoms. The molecule has 0 saturated heterocycles. The average Bonchev–Trinajstić information content (AvgIpc) is 2.44. The van der Waals surface area contributed by atoms with Crippen molar-refractivity contribution in [3.05, 3.63) is 12.2 Å². The molecule has 0 aliphatic heterocycles. The Balaban J connectivity index is 3.12. The van der Waals surface area contributed by atoms with Gasteiger partial charge in [-0.1, -0.05) is 57.6 Å². The second-order valence-corrected chi connectivity index (χ2v) is 5.88. The molecule has 118 valence electrons. The highest BCUT2D eigenvalue weighted by Crippen LogP contribution is 2.09. The fourth-order valence-corrected chi connectivity index (χ4v) is 2.47. The molecule has 0 aromatic heterocycles. The van der Waals surface area contributed by atoms with E-state index in [1.165, 1.54) is 57.8 Å². The first-order chi connectivity index (χ1) is 9.81. The van der Waals surface area contributed by atoms with E-state index in [0.717, 1.165) is 12.8 Å². The first-order valence-electron chi connectivity index (χ1n) is 8.17. The van der Waals surface area contributed by atoms with Crippen LogP contribution in [0.2, 0.25) is 0 Å². The number of unbranched alkanes of at least 4 members (excludes halogenated alkanes) is 9. The van der Waals surface area contributed by atoms with Gasteiger partial charge in [0.25, 0.3) is 0 Å². The van der Waals surface area contributed by atoms with Crippen molar-refractivity contribution >= 4 is 28.6 Å². The first kappa shape index (κ1) is 19.9. The number of ether oxygens (including phenoxy) is 1. The summed E-state index contributed by atoms with van der Waals surface area (Å²) >= 11 is 2.05. The van der Waals surface area contributed by atoms with Gasteiger partial charge in [-0.15, -0.1) is 0 Å². The van der Waals surface area contributed by atoms with Crippen molar-refractivity contribution in [1.82, 2.24) is 0 Å². The lowest BCUT2D eigenvalue weighted by atomic mass is 10.1. The Kier molecular flexibility index (Phi) is 16.9. The second kappa shape index (κ2) is 17.0. The van der Waals surface area contributed by atoms with Crippen LogP contribution in [0.3, 0.4) is 0 Å². The number of allylic oxidation sites excluding steroid dienone is 2. The van der Waals surface area contributed by atoms with Crippen molar-refractivity contribution < 1.29 is 9.53 Å². The lowest BCUT2D eigenvalue weighted by Gasteiger charge is -2.01. The van der Waals surface area contributed by atoms with Gasteiger partial charge >= 0.3 is 5.97 Å². The molecule has 0 aromatic carbocycles. The Bertz CT molecular complexity index is 239. The van der Waals surface area contributed by atoms with Crippen molar-refractivity contribution in [2.24, 2.45) is 0 Å². The molecule has 0 aliphatic carbocycles. The Labute approximate surface area is 138 Å². The number of hydrogen-bond donors (Lipinski definition) is 0. The van der Waals surface area contributed by atoms with E-state index in [4.69, 9.17) is 4.74 Å². The zero-order chi connectivity index (χ0) is 14.9. The molecular weight excluding hydrogens is 363 g/mol. The lowest BCUT2D eigenvalue weighted by Crippen LogP contribution is -2.01. The standard InChI is InChI=1S/C17H31IO2/c1-2-3-4-5-6-7-8-9-10-11-12-13-14-15-17(19)20-16-18/h7-8H,2-6,9-16H2,1H3/b8-7+. The Morgan fingerprint density at radius 3 is 2.05 bits per heavy atom. The smallest absolute Gasteiger partial charge is 0.306 e. The molecule has 0 N–H and O–H groups in total. The van der Waals surface area contributed by atoms with Crippen molar-refractivity contribution in [3.8, 4) is 0 Å². The number of rotatable bonds is 14. The number of alkyl halides is 1. The maximum Gasteiger partial charge on any atom is 0.306 e. The zero-order valence-corrected chi connectivity index (χ0v) is 15.2. The molecule has 0 bridgehead atoms. The van der Waals surface area contributed by atoms with Crippen molar-refractivity contribution in [2.75, 3.05) is 4.61 Å². The van der Waals surface area contributed by atoms with E-state index < -0.39 is 0 Å². The van der Waals surface area contributed by atoms with E-state index in [-0.39, 0.29) is 5.97 Å². The van der Waals surface area contributed by atoms with Crippen LogP contribution in [0.1, 0.15) is 84.0 Å². The van der Waals surface area contributed by atoms with Gasteiger partial charge in [0.2, 0.25) is 0 Å². The molecule has 0 amide bonds. The van der Waals surface area contributed by atoms with Crippen LogP contribution in [-0.2, 0) is 9.53 Å². The highest BCUT2D eigenvalue weighted by atomic mass is 127. The quantitative estimate of drug-likeness (QED) is 0.116. The van der Waals surface area contributed by atoms with Gasteiger partial charge < -0.3 is 4.74 Å². The van der Waals surface area contributed by atoms with E-state index in [1.54, 1.807) is 0 Å². The topological polar surface area (TPSA) is 26.3 Å². The van der Waals surface area contributed by atoms with E-state index in [0.29, 0.717) is 11.0 Å². The third kappa shape index (κ3) is 16.0. The predicted molar refractivity (Wildman–Crippen MR) is 95.2 cm³/mol. The van der Waals surface area contributed by atoms with Crippen LogP contribution in [0.4, 0.5) is 0 Å². The lowest BCUT2D eigenvalue weighted by molar-refractivity contribution is -0.141. The summed E-state index contributed by atoms with van der Waals surface area (Å²) in [6.07, 6.45) is 19.1. The number of carbonyl (C=O) groups is 1. The molecular formula is C17H31IO2.